The Morgan fingerprint density at radius 2 is 1.88 bits per heavy atom. The number of fused-ring (bicyclic) bond motifs is 1. The zero-order valence-electron chi connectivity index (χ0n) is 22.7. The first-order valence-electron chi connectivity index (χ1n) is 13.0. The number of anilines is 3. The molecule has 1 saturated carbocycles. The van der Waals surface area contributed by atoms with Crippen molar-refractivity contribution >= 4 is 34.8 Å². The third kappa shape index (κ3) is 6.28. The maximum atomic E-state index is 12.7. The van der Waals surface area contributed by atoms with Gasteiger partial charge in [-0.3, -0.25) is 14.0 Å². The van der Waals surface area contributed by atoms with Crippen molar-refractivity contribution in [2.75, 3.05) is 24.9 Å². The number of carbonyl (C=O) groups excluding carboxylic acids is 2. The van der Waals surface area contributed by atoms with Crippen molar-refractivity contribution < 1.29 is 19.1 Å². The van der Waals surface area contributed by atoms with Crippen LogP contribution < -0.4 is 25.8 Å². The zero-order chi connectivity index (χ0) is 28.9. The highest BCUT2D eigenvalue weighted by molar-refractivity contribution is 6.04. The highest BCUT2D eigenvalue weighted by atomic mass is 16.5. The van der Waals surface area contributed by atoms with E-state index in [1.165, 1.54) is 0 Å². The molecule has 0 spiro atoms. The number of methoxy groups -OCH3 is 2. The monoisotopic (exact) mass is 551 g/mol. The van der Waals surface area contributed by atoms with E-state index in [4.69, 9.17) is 15.2 Å². The van der Waals surface area contributed by atoms with Crippen LogP contribution in [0.4, 0.5) is 17.5 Å². The minimum absolute atomic E-state index is 0.121. The van der Waals surface area contributed by atoms with Gasteiger partial charge in [0.2, 0.25) is 5.95 Å². The Hall–Kier alpha value is -5.37. The van der Waals surface area contributed by atoms with E-state index in [9.17, 15) is 14.9 Å². The minimum Gasteiger partial charge on any atom is -0.497 e. The number of nitrogens with two attached hydrogens (primary N) is 1. The molecular formula is C30H29N7O4. The third-order valence-electron chi connectivity index (χ3n) is 6.66. The quantitative estimate of drug-likeness (QED) is 0.174. The van der Waals surface area contributed by atoms with Crippen molar-refractivity contribution in [3.63, 3.8) is 0 Å². The number of carbonyl (C=O) groups is 2. The number of nitrogens with zero attached hydrogens (tertiary/aromatic N) is 4. The second-order valence-corrected chi connectivity index (χ2v) is 9.67. The van der Waals surface area contributed by atoms with Crippen LogP contribution in [0.2, 0.25) is 0 Å². The number of nitrogens with one attached hydrogen (secondary N) is 2. The van der Waals surface area contributed by atoms with Gasteiger partial charge in [-0.15, -0.1) is 0 Å². The number of benzene rings is 2. The van der Waals surface area contributed by atoms with Crippen LogP contribution in [0.1, 0.15) is 34.3 Å². The van der Waals surface area contributed by atoms with Gasteiger partial charge in [-0.25, -0.2) is 4.98 Å². The van der Waals surface area contributed by atoms with Crippen LogP contribution in [0, 0.1) is 17.2 Å². The molecule has 0 bridgehead atoms. The number of imidazole rings is 1. The maximum absolute atomic E-state index is 12.7. The molecule has 11 nitrogen and oxygen atoms in total. The molecule has 2 aromatic heterocycles. The second kappa shape index (κ2) is 11.8. The van der Waals surface area contributed by atoms with E-state index in [-0.39, 0.29) is 29.2 Å². The number of nitriles is 1. The Kier molecular flexibility index (Phi) is 7.83. The number of rotatable bonds is 12. The van der Waals surface area contributed by atoms with Gasteiger partial charge in [0.15, 0.2) is 17.2 Å². The Bertz CT molecular complexity index is 1680. The molecule has 11 heteroatoms. The van der Waals surface area contributed by atoms with E-state index >= 15 is 0 Å². The fourth-order valence-electron chi connectivity index (χ4n) is 4.44. The van der Waals surface area contributed by atoms with E-state index in [0.29, 0.717) is 41.2 Å². The molecule has 2 heterocycles. The van der Waals surface area contributed by atoms with Crippen molar-refractivity contribution in [3.05, 3.63) is 83.2 Å². The number of aromatic nitrogens is 3. The molecule has 0 aliphatic heterocycles. The first-order valence-corrected chi connectivity index (χ1v) is 13.0. The van der Waals surface area contributed by atoms with Gasteiger partial charge >= 0.3 is 0 Å². The summed E-state index contributed by atoms with van der Waals surface area (Å²) in [6.07, 6.45) is 7.24. The summed E-state index contributed by atoms with van der Waals surface area (Å²) >= 11 is 0. The van der Waals surface area contributed by atoms with Crippen LogP contribution in [0.25, 0.3) is 5.65 Å². The molecule has 208 valence electrons. The average molecular weight is 552 g/mol. The maximum Gasteiger partial charge on any atom is 0.256 e. The summed E-state index contributed by atoms with van der Waals surface area (Å²) in [7, 11) is 3.09. The zero-order valence-corrected chi connectivity index (χ0v) is 22.7. The molecule has 4 N–H and O–H groups in total. The predicted molar refractivity (Wildman–Crippen MR) is 153 cm³/mol. The molecule has 1 amide bonds. The number of ketones is 1. The number of hydrogen-bond donors (Lipinski definition) is 3. The molecule has 0 unspecified atom stereocenters. The molecule has 0 saturated heterocycles. The van der Waals surface area contributed by atoms with Gasteiger partial charge in [0.25, 0.3) is 5.91 Å². The molecule has 2 aromatic carbocycles. The Balaban J connectivity index is 1.40. The van der Waals surface area contributed by atoms with Crippen LogP contribution in [0.5, 0.6) is 11.5 Å². The lowest BCUT2D eigenvalue weighted by Crippen LogP contribution is -2.18. The molecule has 41 heavy (non-hydrogen) atoms. The highest BCUT2D eigenvalue weighted by Gasteiger charge is 2.22. The van der Waals surface area contributed by atoms with E-state index in [2.05, 4.69) is 20.6 Å². The fourth-order valence-corrected chi connectivity index (χ4v) is 4.44. The van der Waals surface area contributed by atoms with Crippen molar-refractivity contribution in [1.29, 1.82) is 5.26 Å². The summed E-state index contributed by atoms with van der Waals surface area (Å²) in [4.78, 5) is 34.2. The summed E-state index contributed by atoms with van der Waals surface area (Å²) < 4.78 is 12.4. The number of allylic oxidation sites excluding steroid dienone is 2. The third-order valence-corrected chi connectivity index (χ3v) is 6.66. The molecule has 0 radical (unpaired) electrons. The number of hydrogen-bond acceptors (Lipinski definition) is 9. The number of ether oxygens (including phenoxy) is 2. The molecule has 4 aromatic rings. The molecule has 5 rings (SSSR count). The summed E-state index contributed by atoms with van der Waals surface area (Å²) in [5.74, 6) is 1.20. The molecular weight excluding hydrogens is 522 g/mol. The largest absolute Gasteiger partial charge is 0.497 e. The number of amides is 1. The van der Waals surface area contributed by atoms with Crippen LogP contribution in [0.15, 0.2) is 66.5 Å². The second-order valence-electron chi connectivity index (χ2n) is 9.67. The SMILES string of the molecule is COc1cc(Nc2nc(NCc3cccc(CC(=O)C(C#N)=CC4CC4)c3)n3ccnc3c2C(N)=O)cc(OC)c1. The molecule has 0 atom stereocenters. The number of Topliss-reactive ketones (excluding diaryl/α,β-unsaturated/α-hetero) is 1. The standard InChI is InChI=1S/C30H29N7O4/c1-40-23-13-22(14-24(15-23)41-2)35-28-26(27(32)39)29-33-8-9-37(29)30(36-28)34-17-20-5-3-4-19(10-20)12-25(38)21(16-31)11-18-6-7-18/h3-5,8-11,13-15,18,35H,6-7,12,17H2,1-2H3,(H2,32,39)(H,34,36). The van der Waals surface area contributed by atoms with Crippen LogP contribution in [0.3, 0.4) is 0 Å². The van der Waals surface area contributed by atoms with E-state index < -0.39 is 5.91 Å². The van der Waals surface area contributed by atoms with Crippen molar-refractivity contribution in [2.24, 2.45) is 11.7 Å². The summed E-state index contributed by atoms with van der Waals surface area (Å²) in [6.45, 7) is 0.369. The molecule has 1 aliphatic carbocycles. The van der Waals surface area contributed by atoms with Crippen LogP contribution in [-0.4, -0.2) is 40.3 Å². The smallest absolute Gasteiger partial charge is 0.256 e. The summed E-state index contributed by atoms with van der Waals surface area (Å²) in [5.41, 5.74) is 8.71. The Morgan fingerprint density at radius 1 is 1.15 bits per heavy atom. The van der Waals surface area contributed by atoms with Crippen LogP contribution >= 0.6 is 0 Å². The first-order chi connectivity index (χ1) is 19.9. The summed E-state index contributed by atoms with van der Waals surface area (Å²) in [6, 6.07) is 14.8. The lowest BCUT2D eigenvalue weighted by Gasteiger charge is -2.16. The summed E-state index contributed by atoms with van der Waals surface area (Å²) in [5, 5.41) is 15.8. The average Bonchev–Trinajstić information content (AvgIpc) is 3.67. The Labute approximate surface area is 236 Å². The Morgan fingerprint density at radius 3 is 2.54 bits per heavy atom. The van der Waals surface area contributed by atoms with Gasteiger partial charge in [0, 0.05) is 49.2 Å². The van der Waals surface area contributed by atoms with Crippen molar-refractivity contribution in [3.8, 4) is 17.6 Å². The lowest BCUT2D eigenvalue weighted by atomic mass is 10.0. The lowest BCUT2D eigenvalue weighted by molar-refractivity contribution is -0.114. The topological polar surface area (TPSA) is 157 Å². The van der Waals surface area contributed by atoms with E-state index in [1.54, 1.807) is 55.3 Å². The van der Waals surface area contributed by atoms with Gasteiger partial charge in [-0.1, -0.05) is 30.3 Å². The number of primary amides is 1. The van der Waals surface area contributed by atoms with E-state index in [0.717, 1.165) is 24.0 Å². The molecule has 1 aliphatic rings. The van der Waals surface area contributed by atoms with Gasteiger partial charge in [0.1, 0.15) is 23.1 Å². The first kappa shape index (κ1) is 27.2. The minimum atomic E-state index is -0.692. The normalized spacial score (nSPS) is 13.0. The van der Waals surface area contributed by atoms with Crippen molar-refractivity contribution in [2.45, 2.75) is 25.8 Å². The van der Waals surface area contributed by atoms with Crippen LogP contribution in [-0.2, 0) is 17.8 Å². The van der Waals surface area contributed by atoms with Gasteiger partial charge < -0.3 is 25.8 Å². The fraction of sp³-hybridized carbons (Fsp3) is 0.233. The highest BCUT2D eigenvalue weighted by Crippen LogP contribution is 2.32. The van der Waals surface area contributed by atoms with E-state index in [1.807, 2.05) is 30.3 Å². The predicted octanol–water partition coefficient (Wildman–Crippen LogP) is 4.17. The van der Waals surface area contributed by atoms with Crippen molar-refractivity contribution in [1.82, 2.24) is 14.4 Å². The van der Waals surface area contributed by atoms with Gasteiger partial charge in [-0.05, 0) is 29.9 Å². The van der Waals surface area contributed by atoms with Gasteiger partial charge in [0.05, 0.1) is 19.8 Å². The molecule has 1 fully saturated rings. The van der Waals surface area contributed by atoms with Gasteiger partial charge in [-0.2, -0.15) is 10.2 Å².